The van der Waals surface area contributed by atoms with Gasteiger partial charge in [0.05, 0.1) is 38.1 Å². The average Bonchev–Trinajstić information content (AvgIpc) is 2.94. The number of amides is 1. The number of ether oxygens (including phenoxy) is 2. The van der Waals surface area contributed by atoms with Crippen molar-refractivity contribution < 1.29 is 37.0 Å². The first-order chi connectivity index (χ1) is 19.7. The first-order valence-electron chi connectivity index (χ1n) is 14.6. The van der Waals surface area contributed by atoms with Gasteiger partial charge in [-0.25, -0.2) is 0 Å². The van der Waals surface area contributed by atoms with Crippen molar-refractivity contribution in [3.8, 4) is 0 Å². The number of benzene rings is 2. The molecular formula is C32H46F3NO5Si. The summed E-state index contributed by atoms with van der Waals surface area (Å²) in [4.78, 5) is 12.0. The largest absolute Gasteiger partial charge is 0.471 e. The molecule has 0 aliphatic heterocycles. The molecule has 0 radical (unpaired) electrons. The molecule has 42 heavy (non-hydrogen) atoms. The zero-order valence-electron chi connectivity index (χ0n) is 25.3. The molecule has 6 nitrogen and oxygen atoms in total. The van der Waals surface area contributed by atoms with Crippen LogP contribution >= 0.6 is 0 Å². The minimum absolute atomic E-state index is 0.0313. The molecule has 234 valence electrons. The number of hydrogen-bond acceptors (Lipinski definition) is 5. The molecule has 1 amide bonds. The second-order valence-electron chi connectivity index (χ2n) is 12.8. The summed E-state index contributed by atoms with van der Waals surface area (Å²) in [6.07, 6.45) is -4.49. The van der Waals surface area contributed by atoms with Crippen LogP contribution in [0.15, 0.2) is 60.7 Å². The van der Waals surface area contributed by atoms with Gasteiger partial charge in [-0.1, -0.05) is 81.4 Å². The van der Waals surface area contributed by atoms with E-state index in [1.54, 1.807) is 0 Å². The fourth-order valence-electron chi connectivity index (χ4n) is 5.03. The smallest absolute Gasteiger partial charge is 0.415 e. The summed E-state index contributed by atoms with van der Waals surface area (Å²) in [6.45, 7) is 10.8. The molecule has 0 aromatic heterocycles. The molecule has 5 atom stereocenters. The fraction of sp³-hybridized carbons (Fsp3) is 0.594. The molecular weight excluding hydrogens is 563 g/mol. The Kier molecular flexibility index (Phi) is 12.2. The number of carbonyl (C=O) groups excluding carboxylic acids is 1. The predicted molar refractivity (Wildman–Crippen MR) is 159 cm³/mol. The second-order valence-corrected chi connectivity index (χ2v) is 17.6. The van der Waals surface area contributed by atoms with E-state index in [1.165, 1.54) is 0 Å². The van der Waals surface area contributed by atoms with E-state index < -0.39 is 26.4 Å². The van der Waals surface area contributed by atoms with E-state index in [-0.39, 0.29) is 48.7 Å². The molecule has 3 rings (SSSR count). The van der Waals surface area contributed by atoms with Crippen LogP contribution in [0.25, 0.3) is 0 Å². The number of nitrogens with one attached hydrogen (secondary N) is 1. The summed E-state index contributed by atoms with van der Waals surface area (Å²) in [7, 11) is -2.30. The van der Waals surface area contributed by atoms with Crippen LogP contribution < -0.4 is 5.32 Å². The highest BCUT2D eigenvalue weighted by molar-refractivity contribution is 6.74. The lowest BCUT2D eigenvalue weighted by Gasteiger charge is -2.42. The van der Waals surface area contributed by atoms with Crippen molar-refractivity contribution in [2.24, 2.45) is 11.8 Å². The minimum Gasteiger partial charge on any atom is -0.415 e. The molecule has 1 saturated carbocycles. The lowest BCUT2D eigenvalue weighted by molar-refractivity contribution is -0.175. The van der Waals surface area contributed by atoms with Gasteiger partial charge >= 0.3 is 12.1 Å². The third-order valence-electron chi connectivity index (χ3n) is 8.63. The van der Waals surface area contributed by atoms with Crippen molar-refractivity contribution in [3.05, 3.63) is 71.8 Å². The first-order valence-corrected chi connectivity index (χ1v) is 17.5. The maximum absolute atomic E-state index is 13.3. The highest BCUT2D eigenvalue weighted by atomic mass is 28.4. The number of carbonyl (C=O) groups is 1. The van der Waals surface area contributed by atoms with Crippen molar-refractivity contribution in [1.82, 2.24) is 5.32 Å². The molecule has 0 saturated heterocycles. The summed E-state index contributed by atoms with van der Waals surface area (Å²) in [5.74, 6) is -2.43. The summed E-state index contributed by atoms with van der Waals surface area (Å²) >= 11 is 0. The van der Waals surface area contributed by atoms with Gasteiger partial charge in [-0.15, -0.1) is 0 Å². The third kappa shape index (κ3) is 10.2. The van der Waals surface area contributed by atoms with E-state index in [0.29, 0.717) is 26.1 Å². The van der Waals surface area contributed by atoms with Crippen LogP contribution in [0, 0.1) is 11.8 Å². The Morgan fingerprint density at radius 2 is 1.38 bits per heavy atom. The van der Waals surface area contributed by atoms with Crippen LogP contribution in [0.4, 0.5) is 13.2 Å². The quantitative estimate of drug-likeness (QED) is 0.249. The molecule has 2 aromatic rings. The van der Waals surface area contributed by atoms with Gasteiger partial charge in [0.2, 0.25) is 0 Å². The Bertz CT molecular complexity index is 1090. The van der Waals surface area contributed by atoms with E-state index >= 15 is 0 Å². The Morgan fingerprint density at radius 1 is 0.905 bits per heavy atom. The number of aliphatic hydroxyl groups is 1. The second kappa shape index (κ2) is 15.0. The van der Waals surface area contributed by atoms with Crippen LogP contribution in [0.3, 0.4) is 0 Å². The van der Waals surface area contributed by atoms with Gasteiger partial charge in [-0.2, -0.15) is 13.2 Å². The van der Waals surface area contributed by atoms with E-state index in [9.17, 15) is 23.1 Å². The van der Waals surface area contributed by atoms with Crippen molar-refractivity contribution in [2.75, 3.05) is 13.2 Å². The first kappa shape index (κ1) is 34.2. The van der Waals surface area contributed by atoms with E-state index in [0.717, 1.165) is 11.1 Å². The van der Waals surface area contributed by atoms with Crippen molar-refractivity contribution in [3.63, 3.8) is 0 Å². The van der Waals surface area contributed by atoms with Gasteiger partial charge in [0.15, 0.2) is 8.32 Å². The molecule has 0 unspecified atom stereocenters. The number of alkyl halides is 3. The SMILES string of the molecule is CC(C)(C)[Si](C)(C)OC[C@H](C[C@@H]1C[C@@H](OCc2ccccc2)[C@H](OCc2ccccc2)C[C@H]1CO)NC(=O)C(F)(F)F. The predicted octanol–water partition coefficient (Wildman–Crippen LogP) is 6.63. The van der Waals surface area contributed by atoms with Crippen LogP contribution in [-0.4, -0.2) is 57.0 Å². The number of hydrogen-bond donors (Lipinski definition) is 2. The normalized spacial score (nSPS) is 22.5. The number of aliphatic hydroxyl groups excluding tert-OH is 1. The number of rotatable bonds is 13. The Morgan fingerprint density at radius 3 is 1.81 bits per heavy atom. The molecule has 1 aliphatic rings. The van der Waals surface area contributed by atoms with E-state index in [2.05, 4.69) is 26.1 Å². The fourth-order valence-corrected chi connectivity index (χ4v) is 6.08. The summed E-state index contributed by atoms with van der Waals surface area (Å²) < 4.78 is 58.8. The molecule has 2 aromatic carbocycles. The van der Waals surface area contributed by atoms with Crippen LogP contribution in [0.1, 0.15) is 51.2 Å². The molecule has 0 heterocycles. The maximum atomic E-state index is 13.3. The number of halogens is 3. The van der Waals surface area contributed by atoms with E-state index in [1.807, 2.05) is 73.8 Å². The summed E-state index contributed by atoms with van der Waals surface area (Å²) in [6, 6.07) is 18.6. The maximum Gasteiger partial charge on any atom is 0.471 e. The van der Waals surface area contributed by atoms with Gasteiger partial charge in [0.25, 0.3) is 0 Å². The lowest BCUT2D eigenvalue weighted by Crippen LogP contribution is -2.51. The highest BCUT2D eigenvalue weighted by Gasteiger charge is 2.44. The average molecular weight is 610 g/mol. The van der Waals surface area contributed by atoms with Crippen molar-refractivity contribution in [1.29, 1.82) is 0 Å². The molecule has 0 bridgehead atoms. The topological polar surface area (TPSA) is 77.0 Å². The Hall–Kier alpha value is -2.24. The van der Waals surface area contributed by atoms with Gasteiger partial charge < -0.3 is 24.3 Å². The van der Waals surface area contributed by atoms with Gasteiger partial charge in [0, 0.05) is 6.61 Å². The lowest BCUT2D eigenvalue weighted by atomic mass is 9.74. The standard InChI is InChI=1S/C32H46F3NO5Si/c1-31(2,3)42(4,5)41-22-27(36-30(38)32(33,34)35)16-25-17-28(39-20-23-12-8-6-9-13-23)29(18-26(25)19-37)40-21-24-14-10-7-11-15-24/h6-15,25-29,37H,16-22H2,1-5H3,(H,36,38)/t25-,26+,27+,28-,29-/m1/s1. The zero-order chi connectivity index (χ0) is 31.0. The summed E-state index contributed by atoms with van der Waals surface area (Å²) in [5.41, 5.74) is 2.01. The highest BCUT2D eigenvalue weighted by Crippen LogP contribution is 2.39. The zero-order valence-corrected chi connectivity index (χ0v) is 26.3. The van der Waals surface area contributed by atoms with Crippen molar-refractivity contribution >= 4 is 14.2 Å². The van der Waals surface area contributed by atoms with Crippen LogP contribution in [0.5, 0.6) is 0 Å². The van der Waals surface area contributed by atoms with E-state index in [4.69, 9.17) is 13.9 Å². The Labute approximate surface area is 249 Å². The molecule has 10 heteroatoms. The monoisotopic (exact) mass is 609 g/mol. The Balaban J connectivity index is 1.79. The third-order valence-corrected chi connectivity index (χ3v) is 13.1. The van der Waals surface area contributed by atoms with Crippen LogP contribution in [0.2, 0.25) is 18.1 Å². The van der Waals surface area contributed by atoms with Crippen LogP contribution in [-0.2, 0) is 31.9 Å². The van der Waals surface area contributed by atoms with Gasteiger partial charge in [0.1, 0.15) is 0 Å². The molecule has 1 aliphatic carbocycles. The molecule has 0 spiro atoms. The molecule has 2 N–H and O–H groups in total. The van der Waals surface area contributed by atoms with Crippen molar-refractivity contribution in [2.45, 2.75) is 95.8 Å². The molecule has 1 fully saturated rings. The minimum atomic E-state index is -5.00. The summed E-state index contributed by atoms with van der Waals surface area (Å²) in [5, 5.41) is 12.4. The van der Waals surface area contributed by atoms with Gasteiger partial charge in [-0.05, 0) is 60.4 Å². The van der Waals surface area contributed by atoms with Gasteiger partial charge in [-0.3, -0.25) is 4.79 Å².